The van der Waals surface area contributed by atoms with Gasteiger partial charge in [0, 0.05) is 15.3 Å². The highest BCUT2D eigenvalue weighted by molar-refractivity contribution is 9.10. The molecule has 0 aliphatic carbocycles. The van der Waals surface area contributed by atoms with Crippen LogP contribution in [-0.4, -0.2) is 10.2 Å². The predicted octanol–water partition coefficient (Wildman–Crippen LogP) is 5.63. The average molecular weight is 393 g/mol. The number of halogens is 2. The fourth-order valence-corrected chi connectivity index (χ4v) is 3.17. The summed E-state index contributed by atoms with van der Waals surface area (Å²) in [6, 6.07) is 14.3. The van der Waals surface area contributed by atoms with E-state index in [9.17, 15) is 4.39 Å². The van der Waals surface area contributed by atoms with Gasteiger partial charge in [0.2, 0.25) is 11.8 Å². The van der Waals surface area contributed by atoms with Crippen molar-refractivity contribution in [2.45, 2.75) is 17.9 Å². The third-order valence-electron chi connectivity index (χ3n) is 3.35. The molecular formula is C17H14BrFN2OS. The van der Waals surface area contributed by atoms with Crippen molar-refractivity contribution in [2.24, 2.45) is 0 Å². The van der Waals surface area contributed by atoms with Crippen molar-refractivity contribution in [3.8, 4) is 11.5 Å². The summed E-state index contributed by atoms with van der Waals surface area (Å²) in [6.07, 6.45) is 0. The molecule has 0 aliphatic rings. The van der Waals surface area contributed by atoms with E-state index in [1.807, 2.05) is 24.3 Å². The van der Waals surface area contributed by atoms with Crippen molar-refractivity contribution < 1.29 is 8.81 Å². The summed E-state index contributed by atoms with van der Waals surface area (Å²) in [5.74, 6) is 1.49. The molecule has 0 aliphatic heterocycles. The van der Waals surface area contributed by atoms with Crippen molar-refractivity contribution >= 4 is 27.7 Å². The summed E-state index contributed by atoms with van der Waals surface area (Å²) < 4.78 is 19.6. The van der Waals surface area contributed by atoms with E-state index in [-0.39, 0.29) is 11.1 Å². The lowest BCUT2D eigenvalue weighted by atomic mass is 10.2. The van der Waals surface area contributed by atoms with E-state index in [0.29, 0.717) is 17.5 Å². The van der Waals surface area contributed by atoms with E-state index in [0.717, 1.165) is 15.6 Å². The van der Waals surface area contributed by atoms with Crippen molar-refractivity contribution in [3.05, 3.63) is 70.3 Å². The molecule has 3 nitrogen and oxygen atoms in total. The van der Waals surface area contributed by atoms with E-state index < -0.39 is 0 Å². The van der Waals surface area contributed by atoms with Gasteiger partial charge in [-0.25, -0.2) is 4.39 Å². The second-order valence-corrected chi connectivity index (χ2v) is 7.26. The van der Waals surface area contributed by atoms with Crippen molar-refractivity contribution in [3.63, 3.8) is 0 Å². The highest BCUT2D eigenvalue weighted by atomic mass is 79.9. The van der Waals surface area contributed by atoms with E-state index in [1.54, 1.807) is 23.9 Å². The Morgan fingerprint density at radius 1 is 1.09 bits per heavy atom. The van der Waals surface area contributed by atoms with Gasteiger partial charge in [-0.2, -0.15) is 0 Å². The van der Waals surface area contributed by atoms with Crippen LogP contribution in [0.25, 0.3) is 11.5 Å². The van der Waals surface area contributed by atoms with Gasteiger partial charge in [0.15, 0.2) is 0 Å². The highest BCUT2D eigenvalue weighted by Gasteiger charge is 2.12. The van der Waals surface area contributed by atoms with Gasteiger partial charge in [-0.3, -0.25) is 0 Å². The van der Waals surface area contributed by atoms with E-state index in [2.05, 4.69) is 33.1 Å². The van der Waals surface area contributed by atoms with Gasteiger partial charge < -0.3 is 4.42 Å². The molecule has 1 atom stereocenters. The van der Waals surface area contributed by atoms with Gasteiger partial charge in [0.25, 0.3) is 0 Å². The van der Waals surface area contributed by atoms with Crippen LogP contribution in [0.4, 0.5) is 4.39 Å². The lowest BCUT2D eigenvalue weighted by Gasteiger charge is -2.09. The van der Waals surface area contributed by atoms with Gasteiger partial charge in [0.1, 0.15) is 5.82 Å². The molecule has 0 bridgehead atoms. The van der Waals surface area contributed by atoms with Gasteiger partial charge in [0.05, 0.1) is 5.75 Å². The quantitative estimate of drug-likeness (QED) is 0.563. The highest BCUT2D eigenvalue weighted by Crippen LogP contribution is 2.31. The molecule has 1 heterocycles. The maximum atomic E-state index is 12.9. The maximum absolute atomic E-state index is 12.9. The molecule has 1 aromatic heterocycles. The normalized spacial score (nSPS) is 12.3. The minimum absolute atomic E-state index is 0.220. The molecule has 0 N–H and O–H groups in total. The third kappa shape index (κ3) is 4.20. The van der Waals surface area contributed by atoms with Crippen LogP contribution in [0.15, 0.2) is 57.4 Å². The van der Waals surface area contributed by atoms with Gasteiger partial charge >= 0.3 is 0 Å². The zero-order valence-corrected chi connectivity index (χ0v) is 14.8. The van der Waals surface area contributed by atoms with Crippen LogP contribution in [0, 0.1) is 5.82 Å². The van der Waals surface area contributed by atoms with Crippen molar-refractivity contribution in [1.82, 2.24) is 10.2 Å². The number of hydrogen-bond donors (Lipinski definition) is 0. The van der Waals surface area contributed by atoms with Crippen LogP contribution in [0.1, 0.15) is 23.6 Å². The van der Waals surface area contributed by atoms with Crippen LogP contribution in [0.3, 0.4) is 0 Å². The molecule has 0 saturated carbocycles. The van der Waals surface area contributed by atoms with Crippen LogP contribution in [0.5, 0.6) is 0 Å². The smallest absolute Gasteiger partial charge is 0.247 e. The zero-order chi connectivity index (χ0) is 16.2. The fraction of sp³-hybridized carbons (Fsp3) is 0.176. The third-order valence-corrected chi connectivity index (χ3v) is 5.07. The largest absolute Gasteiger partial charge is 0.420 e. The molecule has 6 heteroatoms. The first-order valence-electron chi connectivity index (χ1n) is 7.07. The average Bonchev–Trinajstić information content (AvgIpc) is 3.03. The van der Waals surface area contributed by atoms with Crippen molar-refractivity contribution in [1.29, 1.82) is 0 Å². The van der Waals surface area contributed by atoms with Crippen molar-refractivity contribution in [2.75, 3.05) is 0 Å². The fourth-order valence-electron chi connectivity index (χ4n) is 2.05. The van der Waals surface area contributed by atoms with E-state index in [1.165, 1.54) is 12.1 Å². The minimum atomic E-state index is -0.220. The lowest BCUT2D eigenvalue weighted by Crippen LogP contribution is -1.90. The maximum Gasteiger partial charge on any atom is 0.247 e. The first-order chi connectivity index (χ1) is 11.1. The summed E-state index contributed by atoms with van der Waals surface area (Å²) in [5.41, 5.74) is 1.97. The number of thioether (sulfide) groups is 1. The van der Waals surface area contributed by atoms with Gasteiger partial charge in [-0.05, 0) is 48.9 Å². The topological polar surface area (TPSA) is 38.9 Å². The lowest BCUT2D eigenvalue weighted by molar-refractivity contribution is 0.528. The molecule has 0 saturated heterocycles. The minimum Gasteiger partial charge on any atom is -0.420 e. The first-order valence-corrected chi connectivity index (χ1v) is 8.91. The van der Waals surface area contributed by atoms with E-state index in [4.69, 9.17) is 4.42 Å². The second-order valence-electron chi connectivity index (χ2n) is 5.01. The molecule has 2 aromatic carbocycles. The summed E-state index contributed by atoms with van der Waals surface area (Å²) in [5, 5.41) is 8.39. The summed E-state index contributed by atoms with van der Waals surface area (Å²) in [4.78, 5) is 0. The summed E-state index contributed by atoms with van der Waals surface area (Å²) in [6.45, 7) is 2.07. The molecule has 0 radical (unpaired) electrons. The molecule has 1 unspecified atom stereocenters. The number of benzene rings is 2. The Labute approximate surface area is 146 Å². The number of aromatic nitrogens is 2. The molecule has 118 valence electrons. The van der Waals surface area contributed by atoms with Gasteiger partial charge in [-0.1, -0.05) is 28.1 Å². The first kappa shape index (κ1) is 16.2. The van der Waals surface area contributed by atoms with Crippen LogP contribution in [-0.2, 0) is 5.75 Å². The molecule has 0 amide bonds. The SMILES string of the molecule is CC(SCc1nnc(-c2ccc(Br)cc2)o1)c1ccc(F)cc1. The Kier molecular flexibility index (Phi) is 5.13. The molecule has 3 rings (SSSR count). The monoisotopic (exact) mass is 392 g/mol. The van der Waals surface area contributed by atoms with E-state index >= 15 is 0 Å². The molecule has 3 aromatic rings. The Morgan fingerprint density at radius 2 is 1.78 bits per heavy atom. The summed E-state index contributed by atoms with van der Waals surface area (Å²) in [7, 11) is 0. The van der Waals surface area contributed by atoms with Crippen LogP contribution in [0.2, 0.25) is 0 Å². The molecular weight excluding hydrogens is 379 g/mol. The number of hydrogen-bond acceptors (Lipinski definition) is 4. The number of nitrogens with zero attached hydrogens (tertiary/aromatic N) is 2. The van der Waals surface area contributed by atoms with Gasteiger partial charge in [-0.15, -0.1) is 22.0 Å². The zero-order valence-electron chi connectivity index (χ0n) is 12.4. The molecule has 0 spiro atoms. The predicted molar refractivity (Wildman–Crippen MR) is 93.5 cm³/mol. The second kappa shape index (κ2) is 7.27. The Hall–Kier alpha value is -1.66. The Bertz CT molecular complexity index is 774. The van der Waals surface area contributed by atoms with Crippen LogP contribution < -0.4 is 0 Å². The summed E-state index contributed by atoms with van der Waals surface area (Å²) >= 11 is 5.07. The standard InChI is InChI=1S/C17H14BrFN2OS/c1-11(12-4-8-15(19)9-5-12)23-10-16-20-21-17(22-16)13-2-6-14(18)7-3-13/h2-9,11H,10H2,1H3. The molecule has 0 fully saturated rings. The Morgan fingerprint density at radius 3 is 2.48 bits per heavy atom. The number of rotatable bonds is 5. The van der Waals surface area contributed by atoms with Crippen LogP contribution >= 0.6 is 27.7 Å². The molecule has 23 heavy (non-hydrogen) atoms. The Balaban J connectivity index is 1.63.